The van der Waals surface area contributed by atoms with E-state index in [0.717, 1.165) is 24.3 Å². The van der Waals surface area contributed by atoms with E-state index in [0.29, 0.717) is 13.0 Å². The number of amides is 1. The smallest absolute Gasteiger partial charge is 0.220 e. The monoisotopic (exact) mass is 312 g/mol. The molecule has 0 aliphatic heterocycles. The van der Waals surface area contributed by atoms with Gasteiger partial charge in [0.25, 0.3) is 0 Å². The first-order valence-corrected chi connectivity index (χ1v) is 7.96. The zero-order valence-corrected chi connectivity index (χ0v) is 13.5. The minimum atomic E-state index is -0.154. The third kappa shape index (κ3) is 6.12. The molecule has 122 valence electrons. The molecule has 1 atom stereocenters. The molecule has 0 aliphatic rings. The first kappa shape index (κ1) is 17.0. The van der Waals surface area contributed by atoms with Crippen molar-refractivity contribution >= 4 is 5.91 Å². The average molecular weight is 312 g/mol. The van der Waals surface area contributed by atoms with E-state index in [1.807, 2.05) is 67.7 Å². The number of carbonyl (C=O) groups excluding carboxylic acids is 1. The number of benzene rings is 2. The van der Waals surface area contributed by atoms with Gasteiger partial charge in [-0.3, -0.25) is 4.79 Å². The van der Waals surface area contributed by atoms with Gasteiger partial charge in [-0.2, -0.15) is 0 Å². The average Bonchev–Trinajstić information content (AvgIpc) is 2.60. The lowest BCUT2D eigenvalue weighted by Crippen LogP contribution is -2.32. The fraction of sp³-hybridized carbons (Fsp3) is 0.316. The third-order valence-corrected chi connectivity index (χ3v) is 3.53. The van der Waals surface area contributed by atoms with Crippen molar-refractivity contribution in [2.24, 2.45) is 0 Å². The summed E-state index contributed by atoms with van der Waals surface area (Å²) in [5.74, 6) is 0.851. The summed E-state index contributed by atoms with van der Waals surface area (Å²) in [6, 6.07) is 19.4. The summed E-state index contributed by atoms with van der Waals surface area (Å²) < 4.78 is 5.82. The lowest BCUT2D eigenvalue weighted by Gasteiger charge is -2.20. The van der Waals surface area contributed by atoms with Crippen LogP contribution in [-0.2, 0) is 4.79 Å². The van der Waals surface area contributed by atoms with Crippen LogP contribution >= 0.6 is 0 Å². The molecule has 0 radical (unpaired) electrons. The highest BCUT2D eigenvalue weighted by molar-refractivity contribution is 5.76. The highest BCUT2D eigenvalue weighted by Crippen LogP contribution is 2.16. The first-order chi connectivity index (χ1) is 11.3. The molecule has 0 saturated carbocycles. The van der Waals surface area contributed by atoms with Crippen molar-refractivity contribution in [2.45, 2.75) is 18.9 Å². The second kappa shape index (κ2) is 9.64. The van der Waals surface area contributed by atoms with Gasteiger partial charge in [0.15, 0.2) is 0 Å². The quantitative estimate of drug-likeness (QED) is 0.700. The third-order valence-electron chi connectivity index (χ3n) is 3.53. The van der Waals surface area contributed by atoms with Crippen LogP contribution in [0.1, 0.15) is 24.4 Å². The summed E-state index contributed by atoms with van der Waals surface area (Å²) in [6.07, 6.45) is 1.33. The molecule has 1 amide bonds. The minimum absolute atomic E-state index is 0.0470. The van der Waals surface area contributed by atoms with Gasteiger partial charge in [0.1, 0.15) is 12.4 Å². The van der Waals surface area contributed by atoms with Crippen molar-refractivity contribution in [3.05, 3.63) is 66.2 Å². The molecule has 4 heteroatoms. The Labute approximate surface area is 137 Å². The van der Waals surface area contributed by atoms with Crippen molar-refractivity contribution in [2.75, 3.05) is 20.2 Å². The summed E-state index contributed by atoms with van der Waals surface area (Å²) in [7, 11) is 1.89. The summed E-state index contributed by atoms with van der Waals surface area (Å²) >= 11 is 0. The molecule has 1 unspecified atom stereocenters. The standard InChI is InChI=1S/C19H24N2O2/c1-20-14-8-13-19(22)21-18(16-9-4-2-5-10-16)15-23-17-11-6-3-7-12-17/h2-7,9-12,18,20H,8,13-15H2,1H3,(H,21,22). The maximum absolute atomic E-state index is 12.1. The Morgan fingerprint density at radius 3 is 2.35 bits per heavy atom. The van der Waals surface area contributed by atoms with Crippen LogP contribution in [0.15, 0.2) is 60.7 Å². The SMILES string of the molecule is CNCCCC(=O)NC(COc1ccccc1)c1ccccc1. The Bertz CT molecular complexity index is 572. The van der Waals surface area contributed by atoms with Crippen molar-refractivity contribution in [1.82, 2.24) is 10.6 Å². The lowest BCUT2D eigenvalue weighted by atomic mass is 10.1. The van der Waals surface area contributed by atoms with Crippen LogP contribution in [0.5, 0.6) is 5.75 Å². The molecule has 4 nitrogen and oxygen atoms in total. The fourth-order valence-electron chi connectivity index (χ4n) is 2.30. The molecule has 0 heterocycles. The van der Waals surface area contributed by atoms with E-state index in [2.05, 4.69) is 10.6 Å². The molecule has 23 heavy (non-hydrogen) atoms. The number of hydrogen-bond donors (Lipinski definition) is 2. The number of hydrogen-bond acceptors (Lipinski definition) is 3. The predicted molar refractivity (Wildman–Crippen MR) is 92.4 cm³/mol. The largest absolute Gasteiger partial charge is 0.491 e. The maximum Gasteiger partial charge on any atom is 0.220 e. The zero-order valence-electron chi connectivity index (χ0n) is 13.5. The van der Waals surface area contributed by atoms with E-state index in [1.54, 1.807) is 0 Å². The maximum atomic E-state index is 12.1. The van der Waals surface area contributed by atoms with Gasteiger partial charge in [0.2, 0.25) is 5.91 Å². The normalized spacial score (nSPS) is 11.7. The van der Waals surface area contributed by atoms with Crippen LogP contribution in [0, 0.1) is 0 Å². The number of ether oxygens (including phenoxy) is 1. The van der Waals surface area contributed by atoms with Crippen molar-refractivity contribution in [3.63, 3.8) is 0 Å². The van der Waals surface area contributed by atoms with Gasteiger partial charge in [-0.25, -0.2) is 0 Å². The minimum Gasteiger partial charge on any atom is -0.491 e. The van der Waals surface area contributed by atoms with Crippen LogP contribution in [0.3, 0.4) is 0 Å². The fourth-order valence-corrected chi connectivity index (χ4v) is 2.30. The van der Waals surface area contributed by atoms with Crippen LogP contribution in [0.2, 0.25) is 0 Å². The molecule has 0 fully saturated rings. The van der Waals surface area contributed by atoms with E-state index in [1.165, 1.54) is 0 Å². The second-order valence-corrected chi connectivity index (χ2v) is 5.36. The Balaban J connectivity index is 1.96. The van der Waals surface area contributed by atoms with E-state index in [9.17, 15) is 4.79 Å². The molecule has 0 aromatic heterocycles. The zero-order chi connectivity index (χ0) is 16.3. The summed E-state index contributed by atoms with van der Waals surface area (Å²) in [5.41, 5.74) is 1.05. The van der Waals surface area contributed by atoms with Gasteiger partial charge in [-0.15, -0.1) is 0 Å². The summed E-state index contributed by atoms with van der Waals surface area (Å²) in [6.45, 7) is 1.25. The molecule has 2 N–H and O–H groups in total. The predicted octanol–water partition coefficient (Wildman–Crippen LogP) is 2.92. The van der Waals surface area contributed by atoms with E-state index in [4.69, 9.17) is 4.74 Å². The van der Waals surface area contributed by atoms with Crippen molar-refractivity contribution in [3.8, 4) is 5.75 Å². The summed E-state index contributed by atoms with van der Waals surface area (Å²) in [5, 5.41) is 6.12. The highest BCUT2D eigenvalue weighted by atomic mass is 16.5. The molecular formula is C19H24N2O2. The van der Waals surface area contributed by atoms with Crippen LogP contribution in [0.25, 0.3) is 0 Å². The molecule has 2 aromatic carbocycles. The van der Waals surface area contributed by atoms with Crippen LogP contribution in [-0.4, -0.2) is 26.1 Å². The van der Waals surface area contributed by atoms with E-state index < -0.39 is 0 Å². The first-order valence-electron chi connectivity index (χ1n) is 7.96. The number of para-hydroxylation sites is 1. The molecule has 2 aromatic rings. The molecule has 0 saturated heterocycles. The Morgan fingerprint density at radius 1 is 1.04 bits per heavy atom. The van der Waals surface area contributed by atoms with Crippen LogP contribution < -0.4 is 15.4 Å². The topological polar surface area (TPSA) is 50.4 Å². The molecule has 2 rings (SSSR count). The van der Waals surface area contributed by atoms with E-state index >= 15 is 0 Å². The van der Waals surface area contributed by atoms with Gasteiger partial charge in [-0.1, -0.05) is 48.5 Å². The van der Waals surface area contributed by atoms with Crippen molar-refractivity contribution < 1.29 is 9.53 Å². The number of rotatable bonds is 9. The molecule has 0 aliphatic carbocycles. The number of nitrogens with one attached hydrogen (secondary N) is 2. The lowest BCUT2D eigenvalue weighted by molar-refractivity contribution is -0.122. The molecule has 0 bridgehead atoms. The second-order valence-electron chi connectivity index (χ2n) is 5.36. The van der Waals surface area contributed by atoms with Gasteiger partial charge < -0.3 is 15.4 Å². The van der Waals surface area contributed by atoms with Crippen molar-refractivity contribution in [1.29, 1.82) is 0 Å². The molecular weight excluding hydrogens is 288 g/mol. The Kier molecular flexibility index (Phi) is 7.14. The van der Waals surface area contributed by atoms with E-state index in [-0.39, 0.29) is 11.9 Å². The Hall–Kier alpha value is -2.33. The molecule has 0 spiro atoms. The Morgan fingerprint density at radius 2 is 1.70 bits per heavy atom. The highest BCUT2D eigenvalue weighted by Gasteiger charge is 2.15. The van der Waals surface area contributed by atoms with Crippen LogP contribution in [0.4, 0.5) is 0 Å². The van der Waals surface area contributed by atoms with Gasteiger partial charge in [-0.05, 0) is 37.7 Å². The van der Waals surface area contributed by atoms with Gasteiger partial charge in [0, 0.05) is 6.42 Å². The summed E-state index contributed by atoms with van der Waals surface area (Å²) in [4.78, 5) is 12.1. The van der Waals surface area contributed by atoms with Gasteiger partial charge >= 0.3 is 0 Å². The number of carbonyl (C=O) groups is 1. The van der Waals surface area contributed by atoms with Gasteiger partial charge in [0.05, 0.1) is 6.04 Å².